The van der Waals surface area contributed by atoms with Crippen LogP contribution in [0.5, 0.6) is 0 Å². The van der Waals surface area contributed by atoms with Crippen molar-refractivity contribution in [3.8, 4) is 0 Å². The maximum atomic E-state index is 11.4. The average Bonchev–Trinajstić information content (AvgIpc) is 2.60. The number of rotatable bonds is 15. The van der Waals surface area contributed by atoms with E-state index in [4.69, 9.17) is 9.84 Å². The van der Waals surface area contributed by atoms with Gasteiger partial charge in [0.05, 0.1) is 13.2 Å². The van der Waals surface area contributed by atoms with Crippen LogP contribution in [0.25, 0.3) is 0 Å². The number of hydrogen-bond acceptors (Lipinski definition) is 5. The average molecular weight is 389 g/mol. The van der Waals surface area contributed by atoms with Crippen LogP contribution in [-0.4, -0.2) is 36.4 Å². The van der Waals surface area contributed by atoms with Gasteiger partial charge in [0.25, 0.3) is 0 Å². The van der Waals surface area contributed by atoms with Crippen molar-refractivity contribution in [3.05, 3.63) is 0 Å². The van der Waals surface area contributed by atoms with Crippen molar-refractivity contribution in [1.82, 2.24) is 0 Å². The number of ether oxygens (including phenoxy) is 2. The Morgan fingerprint density at radius 1 is 0.815 bits per heavy atom. The first-order valence-corrected chi connectivity index (χ1v) is 10.8. The number of unbranched alkanes of at least 4 members (excludes halogenated alkanes) is 8. The fourth-order valence-electron chi connectivity index (χ4n) is 2.32. The zero-order valence-corrected chi connectivity index (χ0v) is 18.4. The minimum atomic E-state index is -0.991. The molecular weight excluding hydrogens is 344 g/mol. The minimum Gasteiger partial charge on any atom is -0.466 e. The molecule has 5 heteroatoms. The maximum Gasteiger partial charge on any atom is 0.334 e. The third kappa shape index (κ3) is 24.9. The van der Waals surface area contributed by atoms with Crippen LogP contribution >= 0.6 is 0 Å². The van der Waals surface area contributed by atoms with E-state index in [1.165, 1.54) is 58.3 Å². The molecule has 0 fully saturated rings. The molecule has 0 aliphatic heterocycles. The Labute approximate surface area is 167 Å². The molecule has 0 rings (SSSR count). The number of carbonyl (C=O) groups is 2. The molecule has 1 unspecified atom stereocenters. The number of aliphatic hydroxyl groups excluding tert-OH is 1. The van der Waals surface area contributed by atoms with Gasteiger partial charge in [-0.3, -0.25) is 4.79 Å². The van der Waals surface area contributed by atoms with Gasteiger partial charge in [-0.1, -0.05) is 72.1 Å². The molecule has 5 nitrogen and oxygen atoms in total. The van der Waals surface area contributed by atoms with Gasteiger partial charge in [-0.2, -0.15) is 0 Å². The molecule has 0 amide bonds. The Morgan fingerprint density at radius 2 is 1.33 bits per heavy atom. The highest BCUT2D eigenvalue weighted by molar-refractivity contribution is 5.73. The lowest BCUT2D eigenvalue weighted by Crippen LogP contribution is -2.18. The van der Waals surface area contributed by atoms with Crippen LogP contribution in [0.1, 0.15) is 105 Å². The predicted octanol–water partition coefficient (Wildman–Crippen LogP) is 5.43. The van der Waals surface area contributed by atoms with Gasteiger partial charge in [0, 0.05) is 6.42 Å². The number of carbonyl (C=O) groups excluding carboxylic acids is 2. The van der Waals surface area contributed by atoms with Gasteiger partial charge in [0.1, 0.15) is 6.10 Å². The van der Waals surface area contributed by atoms with Crippen molar-refractivity contribution in [3.63, 3.8) is 0 Å². The largest absolute Gasteiger partial charge is 0.466 e. The second-order valence-corrected chi connectivity index (χ2v) is 7.41. The van der Waals surface area contributed by atoms with Crippen LogP contribution in [0.3, 0.4) is 0 Å². The van der Waals surface area contributed by atoms with Crippen LogP contribution in [-0.2, 0) is 19.1 Å². The summed E-state index contributed by atoms with van der Waals surface area (Å²) in [7, 11) is 0. The van der Waals surface area contributed by atoms with Crippen molar-refractivity contribution in [1.29, 1.82) is 0 Å². The first-order chi connectivity index (χ1) is 12.8. The van der Waals surface area contributed by atoms with E-state index >= 15 is 0 Å². The van der Waals surface area contributed by atoms with Crippen LogP contribution in [0.2, 0.25) is 0 Å². The zero-order valence-electron chi connectivity index (χ0n) is 18.4. The molecule has 0 bridgehead atoms. The first-order valence-electron chi connectivity index (χ1n) is 10.8. The summed E-state index contributed by atoms with van der Waals surface area (Å²) in [5.74, 6) is 0.0385. The van der Waals surface area contributed by atoms with E-state index < -0.39 is 12.1 Å². The third-order valence-electron chi connectivity index (χ3n) is 4.07. The van der Waals surface area contributed by atoms with Gasteiger partial charge in [-0.05, 0) is 32.6 Å². The second kappa shape index (κ2) is 21.2. The molecule has 1 N–H and O–H groups in total. The summed E-state index contributed by atoms with van der Waals surface area (Å²) in [6, 6.07) is 0. The van der Waals surface area contributed by atoms with E-state index in [9.17, 15) is 9.59 Å². The Kier molecular flexibility index (Phi) is 22.1. The van der Waals surface area contributed by atoms with Crippen molar-refractivity contribution in [2.45, 2.75) is 111 Å². The van der Waals surface area contributed by atoms with E-state index in [0.717, 1.165) is 12.8 Å². The van der Waals surface area contributed by atoms with Crippen molar-refractivity contribution >= 4 is 11.9 Å². The smallest absolute Gasteiger partial charge is 0.334 e. The quantitative estimate of drug-likeness (QED) is 0.299. The topological polar surface area (TPSA) is 72.8 Å². The molecule has 0 aromatic rings. The van der Waals surface area contributed by atoms with Gasteiger partial charge in [-0.25, -0.2) is 4.79 Å². The number of hydrogen-bond donors (Lipinski definition) is 1. The Balaban J connectivity index is 0. The highest BCUT2D eigenvalue weighted by Gasteiger charge is 2.07. The molecule has 0 saturated carbocycles. The molecule has 0 aliphatic carbocycles. The predicted molar refractivity (Wildman–Crippen MR) is 111 cm³/mol. The Hall–Kier alpha value is -1.10. The summed E-state index contributed by atoms with van der Waals surface area (Å²) in [4.78, 5) is 21.7. The number of esters is 2. The fourth-order valence-corrected chi connectivity index (χ4v) is 2.32. The molecule has 0 radical (unpaired) electrons. The van der Waals surface area contributed by atoms with Crippen molar-refractivity contribution < 1.29 is 24.2 Å². The summed E-state index contributed by atoms with van der Waals surface area (Å²) in [6.45, 7) is 10.5. The van der Waals surface area contributed by atoms with Crippen LogP contribution in [0, 0.1) is 5.92 Å². The molecule has 162 valence electrons. The normalized spacial score (nSPS) is 11.5. The lowest BCUT2D eigenvalue weighted by Gasteiger charge is -2.06. The lowest BCUT2D eigenvalue weighted by molar-refractivity contribution is -0.152. The van der Waals surface area contributed by atoms with Crippen LogP contribution < -0.4 is 0 Å². The monoisotopic (exact) mass is 388 g/mol. The van der Waals surface area contributed by atoms with Gasteiger partial charge in [-0.15, -0.1) is 0 Å². The van der Waals surface area contributed by atoms with Crippen LogP contribution in [0.15, 0.2) is 0 Å². The van der Waals surface area contributed by atoms with E-state index in [0.29, 0.717) is 25.6 Å². The molecule has 0 aliphatic rings. The summed E-state index contributed by atoms with van der Waals surface area (Å²) in [6.07, 6.45) is 12.2. The van der Waals surface area contributed by atoms with E-state index in [2.05, 4.69) is 25.5 Å². The summed E-state index contributed by atoms with van der Waals surface area (Å²) in [5, 5.41) is 8.48. The maximum absolute atomic E-state index is 11.4. The molecule has 0 aromatic carbocycles. The Morgan fingerprint density at radius 3 is 1.74 bits per heavy atom. The van der Waals surface area contributed by atoms with Gasteiger partial charge in [0.15, 0.2) is 0 Å². The first kappa shape index (κ1) is 28.1. The molecule has 0 spiro atoms. The van der Waals surface area contributed by atoms with Gasteiger partial charge in [0.2, 0.25) is 0 Å². The molecular formula is C22H44O5. The molecule has 27 heavy (non-hydrogen) atoms. The summed E-state index contributed by atoms with van der Waals surface area (Å²) >= 11 is 0. The van der Waals surface area contributed by atoms with E-state index in [1.807, 2.05) is 0 Å². The molecule has 0 aromatic heterocycles. The summed E-state index contributed by atoms with van der Waals surface area (Å²) in [5.41, 5.74) is 0. The standard InChI is InChI=1S/C17H34O2.C5H10O3/c1-4-5-6-7-8-9-10-11-12-13-17(18)19-15-14-16(2)3;1-3-8-5(7)4(2)6/h16H,4-15H2,1-3H3;4,6H,3H2,1-2H3. The lowest BCUT2D eigenvalue weighted by atomic mass is 10.1. The van der Waals surface area contributed by atoms with Crippen molar-refractivity contribution in [2.75, 3.05) is 13.2 Å². The molecule has 0 saturated heterocycles. The van der Waals surface area contributed by atoms with E-state index in [-0.39, 0.29) is 5.97 Å². The Bertz CT molecular complexity index is 340. The zero-order chi connectivity index (χ0) is 20.9. The van der Waals surface area contributed by atoms with E-state index in [1.54, 1.807) is 6.92 Å². The molecule has 1 atom stereocenters. The highest BCUT2D eigenvalue weighted by Crippen LogP contribution is 2.11. The number of aliphatic hydroxyl groups is 1. The SMILES string of the molecule is CCCCCCCCCCCC(=O)OCCC(C)C.CCOC(=O)C(C)O. The van der Waals surface area contributed by atoms with Gasteiger partial charge >= 0.3 is 11.9 Å². The minimum absolute atomic E-state index is 0.0106. The van der Waals surface area contributed by atoms with Crippen LogP contribution in [0.4, 0.5) is 0 Å². The highest BCUT2D eigenvalue weighted by atomic mass is 16.5. The third-order valence-corrected chi connectivity index (χ3v) is 4.07. The summed E-state index contributed by atoms with van der Waals surface area (Å²) < 4.78 is 9.60. The fraction of sp³-hybridized carbons (Fsp3) is 0.909. The van der Waals surface area contributed by atoms with Crippen molar-refractivity contribution in [2.24, 2.45) is 5.92 Å². The van der Waals surface area contributed by atoms with Gasteiger partial charge < -0.3 is 14.6 Å². The second-order valence-electron chi connectivity index (χ2n) is 7.41. The molecule has 0 heterocycles.